The van der Waals surface area contributed by atoms with E-state index in [4.69, 9.17) is 9.47 Å². The van der Waals surface area contributed by atoms with E-state index in [0.717, 1.165) is 45.0 Å². The SMILES string of the molecule is c1ccc(C2CN(Cc3cccc(OCCCn4ccnc4)c3)CCO2)cc1. The molecule has 1 aliphatic rings. The number of nitrogens with zero attached hydrogens (tertiary/aromatic N) is 3. The molecule has 0 bridgehead atoms. The fraction of sp³-hybridized carbons (Fsp3) is 0.348. The number of ether oxygens (including phenoxy) is 2. The lowest BCUT2D eigenvalue weighted by atomic mass is 10.1. The molecule has 0 amide bonds. The van der Waals surface area contributed by atoms with Crippen molar-refractivity contribution in [2.75, 3.05) is 26.3 Å². The Kier molecular flexibility index (Phi) is 6.37. The van der Waals surface area contributed by atoms with Crippen LogP contribution >= 0.6 is 0 Å². The first-order valence-corrected chi connectivity index (χ1v) is 9.93. The Labute approximate surface area is 166 Å². The molecule has 146 valence electrons. The lowest BCUT2D eigenvalue weighted by Crippen LogP contribution is -2.37. The number of aryl methyl sites for hydroxylation is 1. The molecule has 1 saturated heterocycles. The maximum atomic E-state index is 5.98. The van der Waals surface area contributed by atoms with Crippen molar-refractivity contribution in [3.8, 4) is 5.75 Å². The van der Waals surface area contributed by atoms with Crippen molar-refractivity contribution in [1.82, 2.24) is 14.5 Å². The zero-order valence-corrected chi connectivity index (χ0v) is 16.1. The molecule has 28 heavy (non-hydrogen) atoms. The number of morpholine rings is 1. The van der Waals surface area contributed by atoms with Gasteiger partial charge in [0.05, 0.1) is 25.6 Å². The van der Waals surface area contributed by atoms with E-state index in [1.165, 1.54) is 11.1 Å². The van der Waals surface area contributed by atoms with Crippen LogP contribution in [0.15, 0.2) is 73.3 Å². The summed E-state index contributed by atoms with van der Waals surface area (Å²) in [6.07, 6.45) is 6.73. The minimum absolute atomic E-state index is 0.151. The lowest BCUT2D eigenvalue weighted by molar-refractivity contribution is -0.0329. The second kappa shape index (κ2) is 9.53. The minimum Gasteiger partial charge on any atom is -0.494 e. The Morgan fingerprint density at radius 3 is 2.89 bits per heavy atom. The Morgan fingerprint density at radius 2 is 2.04 bits per heavy atom. The van der Waals surface area contributed by atoms with Crippen LogP contribution in [0.1, 0.15) is 23.7 Å². The molecule has 4 rings (SSSR count). The Morgan fingerprint density at radius 1 is 1.11 bits per heavy atom. The lowest BCUT2D eigenvalue weighted by Gasteiger charge is -2.33. The molecule has 0 aliphatic carbocycles. The third-order valence-corrected chi connectivity index (χ3v) is 5.02. The summed E-state index contributed by atoms with van der Waals surface area (Å²) >= 11 is 0. The molecule has 1 fully saturated rings. The summed E-state index contributed by atoms with van der Waals surface area (Å²) < 4.78 is 14.0. The van der Waals surface area contributed by atoms with Crippen LogP contribution in [0.3, 0.4) is 0 Å². The van der Waals surface area contributed by atoms with E-state index in [9.17, 15) is 0 Å². The molecule has 2 heterocycles. The van der Waals surface area contributed by atoms with Gasteiger partial charge in [0, 0.05) is 38.6 Å². The molecule has 1 unspecified atom stereocenters. The van der Waals surface area contributed by atoms with E-state index >= 15 is 0 Å². The average Bonchev–Trinajstić information content (AvgIpc) is 3.26. The van der Waals surface area contributed by atoms with Crippen molar-refractivity contribution in [3.05, 3.63) is 84.4 Å². The number of aromatic nitrogens is 2. The van der Waals surface area contributed by atoms with E-state index in [1.807, 2.05) is 24.7 Å². The molecule has 2 aromatic carbocycles. The average molecular weight is 377 g/mol. The molecular weight excluding hydrogens is 350 g/mol. The summed E-state index contributed by atoms with van der Waals surface area (Å²) in [4.78, 5) is 6.52. The Hall–Kier alpha value is -2.63. The molecule has 3 aromatic rings. The van der Waals surface area contributed by atoms with Gasteiger partial charge in [0.2, 0.25) is 0 Å². The molecule has 0 spiro atoms. The van der Waals surface area contributed by atoms with Gasteiger partial charge in [0.25, 0.3) is 0 Å². The number of rotatable bonds is 8. The fourth-order valence-electron chi connectivity index (χ4n) is 3.56. The van der Waals surface area contributed by atoms with E-state index < -0.39 is 0 Å². The van der Waals surface area contributed by atoms with Gasteiger partial charge < -0.3 is 14.0 Å². The number of hydrogen-bond acceptors (Lipinski definition) is 4. The second-order valence-electron chi connectivity index (χ2n) is 7.16. The second-order valence-corrected chi connectivity index (χ2v) is 7.16. The first-order chi connectivity index (χ1) is 13.9. The fourth-order valence-corrected chi connectivity index (χ4v) is 3.56. The number of hydrogen-bond donors (Lipinski definition) is 0. The maximum absolute atomic E-state index is 5.98. The van der Waals surface area contributed by atoms with E-state index in [0.29, 0.717) is 6.61 Å². The summed E-state index contributed by atoms with van der Waals surface area (Å²) in [5, 5.41) is 0. The van der Waals surface area contributed by atoms with E-state index in [1.54, 1.807) is 6.20 Å². The smallest absolute Gasteiger partial charge is 0.119 e. The Bertz CT molecular complexity index is 836. The molecule has 0 N–H and O–H groups in total. The summed E-state index contributed by atoms with van der Waals surface area (Å²) in [6, 6.07) is 18.9. The highest BCUT2D eigenvalue weighted by atomic mass is 16.5. The van der Waals surface area contributed by atoms with E-state index in [2.05, 4.69) is 56.9 Å². The van der Waals surface area contributed by atoms with Gasteiger partial charge in [-0.05, 0) is 29.7 Å². The molecule has 0 saturated carbocycles. The monoisotopic (exact) mass is 377 g/mol. The molecule has 1 aliphatic heterocycles. The van der Waals surface area contributed by atoms with Crippen molar-refractivity contribution >= 4 is 0 Å². The minimum atomic E-state index is 0.151. The van der Waals surface area contributed by atoms with Crippen LogP contribution in [-0.2, 0) is 17.8 Å². The molecule has 1 atom stereocenters. The van der Waals surface area contributed by atoms with Gasteiger partial charge >= 0.3 is 0 Å². The normalized spacial score (nSPS) is 17.5. The summed E-state index contributed by atoms with van der Waals surface area (Å²) in [6.45, 7) is 5.19. The highest BCUT2D eigenvalue weighted by Gasteiger charge is 2.21. The van der Waals surface area contributed by atoms with Gasteiger partial charge in [0.1, 0.15) is 5.75 Å². The molecule has 0 radical (unpaired) electrons. The summed E-state index contributed by atoms with van der Waals surface area (Å²) in [7, 11) is 0. The van der Waals surface area contributed by atoms with Crippen LogP contribution in [0.25, 0.3) is 0 Å². The first kappa shape index (κ1) is 18.7. The van der Waals surface area contributed by atoms with Gasteiger partial charge in [0.15, 0.2) is 0 Å². The van der Waals surface area contributed by atoms with Crippen molar-refractivity contribution in [2.24, 2.45) is 0 Å². The highest BCUT2D eigenvalue weighted by Crippen LogP contribution is 2.24. The third-order valence-electron chi connectivity index (χ3n) is 5.02. The molecule has 5 nitrogen and oxygen atoms in total. The van der Waals surface area contributed by atoms with Crippen LogP contribution in [0.2, 0.25) is 0 Å². The van der Waals surface area contributed by atoms with Crippen LogP contribution in [0.4, 0.5) is 0 Å². The van der Waals surface area contributed by atoms with Crippen LogP contribution in [0.5, 0.6) is 5.75 Å². The Balaban J connectivity index is 1.28. The standard InChI is InChI=1S/C23H27N3O2/c1-2-7-21(8-3-1)23-18-26(13-15-28-23)17-20-6-4-9-22(16-20)27-14-5-11-25-12-10-24-19-25/h1-4,6-10,12,16,19,23H,5,11,13-15,17-18H2. The predicted octanol–water partition coefficient (Wildman–Crippen LogP) is 3.93. The van der Waals surface area contributed by atoms with Gasteiger partial charge in [-0.15, -0.1) is 0 Å². The number of benzene rings is 2. The van der Waals surface area contributed by atoms with Gasteiger partial charge in [-0.25, -0.2) is 4.98 Å². The zero-order chi connectivity index (χ0) is 19.0. The highest BCUT2D eigenvalue weighted by molar-refractivity contribution is 5.28. The van der Waals surface area contributed by atoms with Gasteiger partial charge in [-0.2, -0.15) is 0 Å². The summed E-state index contributed by atoms with van der Waals surface area (Å²) in [5.74, 6) is 0.941. The van der Waals surface area contributed by atoms with Gasteiger partial charge in [-0.3, -0.25) is 4.90 Å². The maximum Gasteiger partial charge on any atom is 0.119 e. The van der Waals surface area contributed by atoms with Crippen LogP contribution in [-0.4, -0.2) is 40.8 Å². The van der Waals surface area contributed by atoms with Crippen molar-refractivity contribution < 1.29 is 9.47 Å². The van der Waals surface area contributed by atoms with Crippen molar-refractivity contribution in [3.63, 3.8) is 0 Å². The molecule has 1 aromatic heterocycles. The topological polar surface area (TPSA) is 39.5 Å². The van der Waals surface area contributed by atoms with Crippen molar-refractivity contribution in [1.29, 1.82) is 0 Å². The molecule has 5 heteroatoms. The van der Waals surface area contributed by atoms with Crippen molar-refractivity contribution in [2.45, 2.75) is 25.6 Å². The summed E-state index contributed by atoms with van der Waals surface area (Å²) in [5.41, 5.74) is 2.53. The third kappa shape index (κ3) is 5.21. The predicted molar refractivity (Wildman–Crippen MR) is 109 cm³/mol. The molecular formula is C23H27N3O2. The zero-order valence-electron chi connectivity index (χ0n) is 16.1. The number of imidazole rings is 1. The largest absolute Gasteiger partial charge is 0.494 e. The van der Waals surface area contributed by atoms with Gasteiger partial charge in [-0.1, -0.05) is 42.5 Å². The van der Waals surface area contributed by atoms with Crippen LogP contribution in [0, 0.1) is 0 Å². The first-order valence-electron chi connectivity index (χ1n) is 9.93. The van der Waals surface area contributed by atoms with E-state index in [-0.39, 0.29) is 6.10 Å². The van der Waals surface area contributed by atoms with Crippen LogP contribution < -0.4 is 4.74 Å². The quantitative estimate of drug-likeness (QED) is 0.558.